The maximum absolute atomic E-state index is 12.6. The van der Waals surface area contributed by atoms with Gasteiger partial charge in [0.2, 0.25) is 5.91 Å². The van der Waals surface area contributed by atoms with Gasteiger partial charge >= 0.3 is 0 Å². The van der Waals surface area contributed by atoms with Crippen molar-refractivity contribution in [2.24, 2.45) is 5.92 Å². The molecule has 1 N–H and O–H groups in total. The molecule has 1 saturated carbocycles. The van der Waals surface area contributed by atoms with Crippen molar-refractivity contribution in [3.63, 3.8) is 0 Å². The lowest BCUT2D eigenvalue weighted by Gasteiger charge is -2.36. The van der Waals surface area contributed by atoms with Crippen molar-refractivity contribution in [3.05, 3.63) is 42.0 Å². The van der Waals surface area contributed by atoms with Crippen molar-refractivity contribution in [1.29, 1.82) is 0 Å². The number of anilines is 2. The summed E-state index contributed by atoms with van der Waals surface area (Å²) in [6.45, 7) is 4.51. The van der Waals surface area contributed by atoms with Gasteiger partial charge < -0.3 is 15.1 Å². The third-order valence-corrected chi connectivity index (χ3v) is 5.68. The van der Waals surface area contributed by atoms with Gasteiger partial charge in [-0.2, -0.15) is 0 Å². The second kappa shape index (κ2) is 8.55. The highest BCUT2D eigenvalue weighted by Gasteiger charge is 2.30. The van der Waals surface area contributed by atoms with Gasteiger partial charge in [0, 0.05) is 41.1 Å². The van der Waals surface area contributed by atoms with E-state index in [4.69, 9.17) is 0 Å². The lowest BCUT2D eigenvalue weighted by atomic mass is 10.1. The molecule has 8 heteroatoms. The van der Waals surface area contributed by atoms with Crippen molar-refractivity contribution in [1.82, 2.24) is 19.9 Å². The number of rotatable bonds is 4. The number of pyridine rings is 1. The zero-order chi connectivity index (χ0) is 20.2. The SMILES string of the molecule is Cc1ncc(N2CCN(C(=O)C3CCCC3)CC2)nc1C(=O)Nc1ccccn1.[HH].[HH]. The van der Waals surface area contributed by atoms with Gasteiger partial charge in [-0.25, -0.2) is 9.97 Å². The van der Waals surface area contributed by atoms with Crippen LogP contribution in [0.1, 0.15) is 44.7 Å². The van der Waals surface area contributed by atoms with Crippen LogP contribution in [0, 0.1) is 12.8 Å². The van der Waals surface area contributed by atoms with E-state index in [1.807, 2.05) is 11.0 Å². The van der Waals surface area contributed by atoms with Gasteiger partial charge in [0.05, 0.1) is 11.9 Å². The molecule has 1 saturated heterocycles. The lowest BCUT2D eigenvalue weighted by Crippen LogP contribution is -2.50. The number of hydrogen-bond acceptors (Lipinski definition) is 6. The summed E-state index contributed by atoms with van der Waals surface area (Å²) in [5.41, 5.74) is 0.856. The average Bonchev–Trinajstić information content (AvgIpc) is 3.29. The van der Waals surface area contributed by atoms with Gasteiger partial charge in [-0.15, -0.1) is 0 Å². The van der Waals surface area contributed by atoms with Crippen LogP contribution in [0.5, 0.6) is 0 Å². The van der Waals surface area contributed by atoms with E-state index in [-0.39, 0.29) is 20.4 Å². The van der Waals surface area contributed by atoms with E-state index < -0.39 is 0 Å². The van der Waals surface area contributed by atoms with Crippen LogP contribution in [-0.4, -0.2) is 57.8 Å². The summed E-state index contributed by atoms with van der Waals surface area (Å²) in [6, 6.07) is 5.33. The first-order chi connectivity index (χ1) is 14.1. The van der Waals surface area contributed by atoms with E-state index in [0.717, 1.165) is 12.8 Å². The number of nitrogens with zero attached hydrogens (tertiary/aromatic N) is 5. The Kier molecular flexibility index (Phi) is 5.69. The van der Waals surface area contributed by atoms with Gasteiger partial charge in [-0.1, -0.05) is 18.9 Å². The molecule has 0 aromatic carbocycles. The predicted molar refractivity (Wildman–Crippen MR) is 114 cm³/mol. The van der Waals surface area contributed by atoms with Gasteiger partial charge in [-0.05, 0) is 31.9 Å². The van der Waals surface area contributed by atoms with E-state index in [0.29, 0.717) is 49.4 Å². The molecule has 2 aliphatic rings. The van der Waals surface area contributed by atoms with Crippen molar-refractivity contribution < 1.29 is 12.4 Å². The summed E-state index contributed by atoms with van der Waals surface area (Å²) in [6.07, 6.45) is 7.70. The zero-order valence-corrected chi connectivity index (χ0v) is 16.7. The van der Waals surface area contributed by atoms with E-state index in [2.05, 4.69) is 25.2 Å². The number of amides is 2. The quantitative estimate of drug-likeness (QED) is 0.851. The van der Waals surface area contributed by atoms with Crippen molar-refractivity contribution in [2.45, 2.75) is 32.6 Å². The predicted octanol–water partition coefficient (Wildman–Crippen LogP) is 2.76. The minimum atomic E-state index is -0.328. The Labute approximate surface area is 173 Å². The Morgan fingerprint density at radius 1 is 1.10 bits per heavy atom. The Morgan fingerprint density at radius 2 is 1.86 bits per heavy atom. The van der Waals surface area contributed by atoms with E-state index in [1.165, 1.54) is 12.8 Å². The van der Waals surface area contributed by atoms with Gasteiger partial charge in [0.1, 0.15) is 11.6 Å². The molecule has 1 aliphatic heterocycles. The smallest absolute Gasteiger partial charge is 0.277 e. The summed E-state index contributed by atoms with van der Waals surface area (Å²) in [7, 11) is 0. The topological polar surface area (TPSA) is 91.3 Å². The normalized spacial score (nSPS) is 17.4. The number of carbonyl (C=O) groups is 2. The summed E-state index contributed by atoms with van der Waals surface area (Å²) in [5, 5.41) is 2.76. The zero-order valence-electron chi connectivity index (χ0n) is 16.7. The molecule has 2 amide bonds. The van der Waals surface area contributed by atoms with Gasteiger partial charge in [0.15, 0.2) is 5.69 Å². The number of aromatic nitrogens is 3. The van der Waals surface area contributed by atoms with Gasteiger partial charge in [-0.3, -0.25) is 14.6 Å². The first-order valence-electron chi connectivity index (χ1n) is 10.2. The van der Waals surface area contributed by atoms with Crippen molar-refractivity contribution in [2.75, 3.05) is 36.4 Å². The molecule has 2 fully saturated rings. The largest absolute Gasteiger partial charge is 0.352 e. The lowest BCUT2D eigenvalue weighted by molar-refractivity contribution is -0.135. The second-order valence-corrected chi connectivity index (χ2v) is 7.63. The molecule has 29 heavy (non-hydrogen) atoms. The molecule has 3 heterocycles. The number of piperazine rings is 1. The molecule has 0 spiro atoms. The number of hydrogen-bond donors (Lipinski definition) is 1. The molecule has 156 valence electrons. The van der Waals surface area contributed by atoms with E-state index in [1.54, 1.807) is 31.5 Å². The monoisotopic (exact) mass is 398 g/mol. The average molecular weight is 399 g/mol. The Hall–Kier alpha value is -3.03. The molecule has 4 rings (SSSR count). The fourth-order valence-electron chi connectivity index (χ4n) is 4.01. The molecular formula is C21H30N6O2. The van der Waals surface area contributed by atoms with E-state index >= 15 is 0 Å². The van der Waals surface area contributed by atoms with Crippen LogP contribution in [-0.2, 0) is 4.79 Å². The second-order valence-electron chi connectivity index (χ2n) is 7.63. The van der Waals surface area contributed by atoms with E-state index in [9.17, 15) is 9.59 Å². The van der Waals surface area contributed by atoms with Crippen LogP contribution in [0.4, 0.5) is 11.6 Å². The number of nitrogens with one attached hydrogen (secondary N) is 1. The fourth-order valence-corrected chi connectivity index (χ4v) is 4.01. The third kappa shape index (κ3) is 4.36. The highest BCUT2D eigenvalue weighted by molar-refractivity contribution is 6.03. The van der Waals surface area contributed by atoms with Gasteiger partial charge in [0.25, 0.3) is 5.91 Å². The standard InChI is InChI=1S/C21H26N6O2.2H2/c1-15-19(20(28)24-17-8-4-5-9-22-17)25-18(14-23-15)26-10-12-27(13-11-26)21(29)16-6-2-3-7-16;;/h4-5,8-9,14,16H,2-3,6-7,10-13H2,1H3,(H,22,24,28);2*1H. The molecular weight excluding hydrogens is 368 g/mol. The minimum Gasteiger partial charge on any atom is -0.352 e. The fraction of sp³-hybridized carbons (Fsp3) is 0.476. The molecule has 0 bridgehead atoms. The maximum atomic E-state index is 12.6. The maximum Gasteiger partial charge on any atom is 0.277 e. The first kappa shape index (κ1) is 19.3. The van der Waals surface area contributed by atoms with Crippen LogP contribution in [0.2, 0.25) is 0 Å². The Morgan fingerprint density at radius 3 is 2.55 bits per heavy atom. The van der Waals surface area contributed by atoms with Crippen LogP contribution in [0.25, 0.3) is 0 Å². The molecule has 0 unspecified atom stereocenters. The summed E-state index contributed by atoms with van der Waals surface area (Å²) < 4.78 is 0. The molecule has 1 aliphatic carbocycles. The third-order valence-electron chi connectivity index (χ3n) is 5.68. The minimum absolute atomic E-state index is 0. The molecule has 2 aromatic rings. The van der Waals surface area contributed by atoms with Crippen LogP contribution < -0.4 is 10.2 Å². The van der Waals surface area contributed by atoms with Crippen LogP contribution in [0.3, 0.4) is 0 Å². The summed E-state index contributed by atoms with van der Waals surface area (Å²) in [5.74, 6) is 1.32. The number of carbonyl (C=O) groups excluding carboxylic acids is 2. The summed E-state index contributed by atoms with van der Waals surface area (Å²) >= 11 is 0. The summed E-state index contributed by atoms with van der Waals surface area (Å²) in [4.78, 5) is 42.4. The molecule has 0 radical (unpaired) electrons. The van der Waals surface area contributed by atoms with Crippen molar-refractivity contribution >= 4 is 23.5 Å². The van der Waals surface area contributed by atoms with Crippen LogP contribution in [0.15, 0.2) is 30.6 Å². The number of aryl methyl sites for hydroxylation is 1. The molecule has 0 atom stereocenters. The Balaban J connectivity index is 0.00000171. The highest BCUT2D eigenvalue weighted by Crippen LogP contribution is 2.27. The highest BCUT2D eigenvalue weighted by atomic mass is 16.2. The molecule has 8 nitrogen and oxygen atoms in total. The Bertz CT molecular complexity index is 885. The first-order valence-corrected chi connectivity index (χ1v) is 10.2. The van der Waals surface area contributed by atoms with Crippen LogP contribution >= 0.6 is 0 Å². The van der Waals surface area contributed by atoms with Crippen molar-refractivity contribution in [3.8, 4) is 0 Å². The molecule has 2 aromatic heterocycles.